The van der Waals surface area contributed by atoms with Crippen LogP contribution in [-0.4, -0.2) is 29.4 Å². The lowest BCUT2D eigenvalue weighted by molar-refractivity contribution is -0.143. The molecule has 2 aromatic carbocycles. The fourth-order valence-electron chi connectivity index (χ4n) is 3.44. The number of hydrogen-bond acceptors (Lipinski definition) is 5. The van der Waals surface area contributed by atoms with Crippen LogP contribution >= 0.6 is 0 Å². The molecule has 0 saturated carbocycles. The van der Waals surface area contributed by atoms with Gasteiger partial charge >= 0.3 is 12.1 Å². The maximum atomic E-state index is 15.2. The highest BCUT2D eigenvalue weighted by Crippen LogP contribution is 2.37. The zero-order valence-electron chi connectivity index (χ0n) is 19.8. The monoisotopic (exact) mass is 445 g/mol. The number of benzene rings is 2. The van der Waals surface area contributed by atoms with E-state index in [9.17, 15) is 14.7 Å². The van der Waals surface area contributed by atoms with E-state index in [-0.39, 0.29) is 24.3 Å². The minimum absolute atomic E-state index is 0.0621. The average Bonchev–Trinajstić information content (AvgIpc) is 2.66. The first kappa shape index (κ1) is 25.2. The molecule has 0 aromatic heterocycles. The average molecular weight is 446 g/mol. The summed E-state index contributed by atoms with van der Waals surface area (Å²) in [7, 11) is 0. The van der Waals surface area contributed by atoms with Gasteiger partial charge in [0.25, 0.3) is 0 Å². The molecule has 0 unspecified atom stereocenters. The minimum Gasteiger partial charge on any atom is -0.507 e. The quantitative estimate of drug-likeness (QED) is 0.562. The molecule has 0 aliphatic heterocycles. The first-order chi connectivity index (χ1) is 14.8. The second-order valence-corrected chi connectivity index (χ2v) is 8.81. The first-order valence-corrected chi connectivity index (χ1v) is 10.6. The van der Waals surface area contributed by atoms with Gasteiger partial charge in [0.15, 0.2) is 0 Å². The van der Waals surface area contributed by atoms with Gasteiger partial charge in [-0.3, -0.25) is 4.79 Å². The van der Waals surface area contributed by atoms with Crippen LogP contribution in [0.25, 0.3) is 11.1 Å². The Kier molecular flexibility index (Phi) is 7.88. The molecule has 0 bridgehead atoms. The number of ether oxygens (including phenoxy) is 2. The summed E-state index contributed by atoms with van der Waals surface area (Å²) in [6.45, 7) is 12.4. The molecule has 174 valence electrons. The third-order valence-electron chi connectivity index (χ3n) is 5.03. The largest absolute Gasteiger partial charge is 0.507 e. The van der Waals surface area contributed by atoms with Gasteiger partial charge in [-0.2, -0.15) is 0 Å². The van der Waals surface area contributed by atoms with Gasteiger partial charge in [-0.1, -0.05) is 6.07 Å². The third kappa shape index (κ3) is 6.22. The van der Waals surface area contributed by atoms with Crippen molar-refractivity contribution < 1.29 is 28.6 Å². The Labute approximate surface area is 188 Å². The predicted molar refractivity (Wildman–Crippen MR) is 121 cm³/mol. The minimum atomic E-state index is -1.02. The van der Waals surface area contributed by atoms with Gasteiger partial charge in [0.2, 0.25) is 0 Å². The van der Waals surface area contributed by atoms with E-state index in [1.165, 1.54) is 0 Å². The molecule has 2 aromatic rings. The van der Waals surface area contributed by atoms with Crippen LogP contribution in [-0.2, 0) is 14.3 Å². The molecule has 1 atom stereocenters. The number of carbonyl (C=O) groups is 2. The Morgan fingerprint density at radius 3 is 2.38 bits per heavy atom. The zero-order chi connectivity index (χ0) is 24.2. The Morgan fingerprint density at radius 2 is 1.78 bits per heavy atom. The van der Waals surface area contributed by atoms with E-state index < -0.39 is 29.5 Å². The van der Waals surface area contributed by atoms with Crippen molar-refractivity contribution >= 4 is 12.1 Å². The number of esters is 1. The Morgan fingerprint density at radius 1 is 1.12 bits per heavy atom. The van der Waals surface area contributed by atoms with E-state index in [1.54, 1.807) is 58.9 Å². The van der Waals surface area contributed by atoms with Gasteiger partial charge in [-0.25, -0.2) is 9.18 Å². The van der Waals surface area contributed by atoms with Gasteiger partial charge in [-0.05, 0) is 88.9 Å². The molecule has 6 nitrogen and oxygen atoms in total. The number of halogens is 1. The van der Waals surface area contributed by atoms with Crippen molar-refractivity contribution in [3.8, 4) is 16.9 Å². The molecule has 0 heterocycles. The molecule has 7 heteroatoms. The summed E-state index contributed by atoms with van der Waals surface area (Å²) in [4.78, 5) is 24.7. The summed E-state index contributed by atoms with van der Waals surface area (Å²) in [5.74, 6) is -1.07. The molecular formula is C25H32FNO5. The number of phenolic OH excluding ortho intramolecular Hbond substituents is 1. The molecule has 0 fully saturated rings. The van der Waals surface area contributed by atoms with E-state index in [2.05, 4.69) is 5.32 Å². The molecule has 2 N–H and O–H groups in total. The number of aromatic hydroxyl groups is 1. The molecule has 0 spiro atoms. The molecule has 0 aliphatic rings. The van der Waals surface area contributed by atoms with E-state index in [1.807, 2.05) is 13.8 Å². The van der Waals surface area contributed by atoms with Crippen molar-refractivity contribution in [2.24, 2.45) is 0 Å². The second kappa shape index (κ2) is 10.0. The van der Waals surface area contributed by atoms with Crippen molar-refractivity contribution in [3.63, 3.8) is 0 Å². The second-order valence-electron chi connectivity index (χ2n) is 8.81. The van der Waals surface area contributed by atoms with Crippen LogP contribution in [0.3, 0.4) is 0 Å². The number of alkyl carbamates (subject to hydrolysis) is 1. The van der Waals surface area contributed by atoms with Gasteiger partial charge in [-0.15, -0.1) is 0 Å². The summed E-state index contributed by atoms with van der Waals surface area (Å²) in [6, 6.07) is 5.56. The molecule has 0 saturated heterocycles. The van der Waals surface area contributed by atoms with Crippen LogP contribution in [0.1, 0.15) is 62.4 Å². The van der Waals surface area contributed by atoms with Crippen molar-refractivity contribution in [3.05, 3.63) is 52.3 Å². The lowest BCUT2D eigenvalue weighted by Gasteiger charge is -2.25. The number of aryl methyl sites for hydroxylation is 2. The molecule has 32 heavy (non-hydrogen) atoms. The van der Waals surface area contributed by atoms with Gasteiger partial charge < -0.3 is 19.9 Å². The van der Waals surface area contributed by atoms with Crippen LogP contribution < -0.4 is 5.32 Å². The molecule has 0 radical (unpaired) electrons. The van der Waals surface area contributed by atoms with Gasteiger partial charge in [0.05, 0.1) is 19.1 Å². The zero-order valence-corrected chi connectivity index (χ0v) is 19.8. The summed E-state index contributed by atoms with van der Waals surface area (Å²) in [5, 5.41) is 13.1. The molecule has 0 aliphatic carbocycles. The van der Waals surface area contributed by atoms with Crippen LogP contribution in [0, 0.1) is 26.6 Å². The Hall–Kier alpha value is -3.09. The SMILES string of the molecule is CCOC(=O)C[C@H](NC(=O)OC(C)(C)C)c1cc(-c2c(O)ccc(C)c2C)cc(C)c1F. The van der Waals surface area contributed by atoms with E-state index in [0.29, 0.717) is 16.7 Å². The molecule has 1 amide bonds. The highest BCUT2D eigenvalue weighted by molar-refractivity contribution is 5.77. The summed E-state index contributed by atoms with van der Waals surface area (Å²) >= 11 is 0. The van der Waals surface area contributed by atoms with Crippen molar-refractivity contribution in [2.75, 3.05) is 6.61 Å². The predicted octanol–water partition coefficient (Wildman–Crippen LogP) is 5.64. The maximum Gasteiger partial charge on any atom is 0.408 e. The smallest absolute Gasteiger partial charge is 0.408 e. The normalized spacial score (nSPS) is 12.2. The van der Waals surface area contributed by atoms with Crippen molar-refractivity contribution in [2.45, 2.75) is 66.5 Å². The standard InChI is InChI=1S/C25H32FNO5/c1-8-31-21(29)13-19(27-24(30)32-25(5,6)7)18-12-17(11-15(3)23(18)26)22-16(4)14(2)9-10-20(22)28/h9-12,19,28H,8,13H2,1-7H3,(H,27,30)/t19-/m0/s1. The van der Waals surface area contributed by atoms with Crippen molar-refractivity contribution in [1.82, 2.24) is 5.32 Å². The third-order valence-corrected chi connectivity index (χ3v) is 5.03. The number of rotatable bonds is 6. The fourth-order valence-corrected chi connectivity index (χ4v) is 3.44. The van der Waals surface area contributed by atoms with Crippen LogP contribution in [0.4, 0.5) is 9.18 Å². The van der Waals surface area contributed by atoms with Gasteiger partial charge in [0.1, 0.15) is 17.2 Å². The highest BCUT2D eigenvalue weighted by Gasteiger charge is 2.27. The summed E-state index contributed by atoms with van der Waals surface area (Å²) < 4.78 is 25.6. The number of nitrogens with one attached hydrogen (secondary N) is 1. The maximum absolute atomic E-state index is 15.2. The number of carbonyl (C=O) groups excluding carboxylic acids is 2. The lowest BCUT2D eigenvalue weighted by Crippen LogP contribution is -2.36. The molecule has 2 rings (SSSR count). The summed E-state index contributed by atoms with van der Waals surface area (Å²) in [5.41, 5.74) is 2.63. The lowest BCUT2D eigenvalue weighted by atomic mass is 9.91. The fraction of sp³-hybridized carbons (Fsp3) is 0.440. The van der Waals surface area contributed by atoms with Gasteiger partial charge in [0, 0.05) is 11.1 Å². The van der Waals surface area contributed by atoms with Crippen LogP contribution in [0.2, 0.25) is 0 Å². The summed E-state index contributed by atoms with van der Waals surface area (Å²) in [6.07, 6.45) is -1.05. The number of hydrogen-bond donors (Lipinski definition) is 2. The van der Waals surface area contributed by atoms with E-state index >= 15 is 4.39 Å². The Bertz CT molecular complexity index is 1010. The van der Waals surface area contributed by atoms with Crippen LogP contribution in [0.5, 0.6) is 5.75 Å². The number of phenols is 1. The van der Waals surface area contributed by atoms with Crippen LogP contribution in [0.15, 0.2) is 24.3 Å². The Balaban J connectivity index is 2.58. The first-order valence-electron chi connectivity index (χ1n) is 10.6. The highest BCUT2D eigenvalue weighted by atomic mass is 19.1. The topological polar surface area (TPSA) is 84.9 Å². The number of amides is 1. The van der Waals surface area contributed by atoms with Crippen molar-refractivity contribution in [1.29, 1.82) is 0 Å². The van der Waals surface area contributed by atoms with E-state index in [4.69, 9.17) is 9.47 Å². The molecular weight excluding hydrogens is 413 g/mol. The van der Waals surface area contributed by atoms with E-state index in [0.717, 1.165) is 11.1 Å².